The van der Waals surface area contributed by atoms with Crippen molar-refractivity contribution in [1.82, 2.24) is 10.2 Å². The van der Waals surface area contributed by atoms with Crippen LogP contribution >= 0.6 is 0 Å². The first-order valence-electron chi connectivity index (χ1n) is 8.98. The van der Waals surface area contributed by atoms with Crippen LogP contribution in [-0.4, -0.2) is 44.2 Å². The summed E-state index contributed by atoms with van der Waals surface area (Å²) < 4.78 is 10.4. The zero-order valence-electron chi connectivity index (χ0n) is 15.4. The number of hydrogen-bond donors (Lipinski definition) is 1. The van der Waals surface area contributed by atoms with E-state index in [1.165, 1.54) is 5.56 Å². The molecule has 1 heterocycles. The Morgan fingerprint density at radius 2 is 1.73 bits per heavy atom. The molecule has 0 spiro atoms. The van der Waals surface area contributed by atoms with Gasteiger partial charge in [0.05, 0.1) is 14.2 Å². The van der Waals surface area contributed by atoms with Crippen LogP contribution in [0.15, 0.2) is 48.5 Å². The Kier molecular flexibility index (Phi) is 6.12. The van der Waals surface area contributed by atoms with Crippen LogP contribution in [0.25, 0.3) is 0 Å². The molecule has 0 unspecified atom stereocenters. The molecule has 0 atom stereocenters. The van der Waals surface area contributed by atoms with Gasteiger partial charge in [0, 0.05) is 31.2 Å². The highest BCUT2D eigenvalue weighted by atomic mass is 16.5. The van der Waals surface area contributed by atoms with Gasteiger partial charge in [-0.3, -0.25) is 9.69 Å². The Hall–Kier alpha value is -2.53. The molecule has 0 aliphatic carbocycles. The van der Waals surface area contributed by atoms with E-state index >= 15 is 0 Å². The van der Waals surface area contributed by atoms with E-state index in [-0.39, 0.29) is 11.9 Å². The second kappa shape index (κ2) is 8.72. The lowest BCUT2D eigenvalue weighted by Crippen LogP contribution is -2.44. The highest BCUT2D eigenvalue weighted by Crippen LogP contribution is 2.18. The molecule has 1 fully saturated rings. The molecule has 1 aliphatic rings. The molecule has 5 heteroatoms. The van der Waals surface area contributed by atoms with E-state index in [2.05, 4.69) is 22.3 Å². The normalized spacial score (nSPS) is 15.5. The topological polar surface area (TPSA) is 50.8 Å². The Labute approximate surface area is 154 Å². The van der Waals surface area contributed by atoms with Crippen LogP contribution in [0.4, 0.5) is 0 Å². The fourth-order valence-electron chi connectivity index (χ4n) is 3.28. The monoisotopic (exact) mass is 354 g/mol. The van der Waals surface area contributed by atoms with Crippen LogP contribution in [0.3, 0.4) is 0 Å². The first-order valence-corrected chi connectivity index (χ1v) is 8.98. The number of carbonyl (C=O) groups excluding carboxylic acids is 1. The van der Waals surface area contributed by atoms with Crippen LogP contribution in [0.5, 0.6) is 11.5 Å². The summed E-state index contributed by atoms with van der Waals surface area (Å²) in [6.07, 6.45) is 1.93. The maximum absolute atomic E-state index is 12.4. The predicted molar refractivity (Wildman–Crippen MR) is 102 cm³/mol. The van der Waals surface area contributed by atoms with E-state index in [1.807, 2.05) is 24.3 Å². The third kappa shape index (κ3) is 4.76. The smallest absolute Gasteiger partial charge is 0.251 e. The second-order valence-electron chi connectivity index (χ2n) is 6.60. The molecule has 1 aliphatic heterocycles. The Bertz CT molecular complexity index is 722. The standard InChI is InChI=1S/C21H26N2O3/c1-25-19-8-6-17(7-9-19)21(24)22-18-10-12-23(13-11-18)15-16-4-3-5-20(14-16)26-2/h3-9,14,18H,10-13,15H2,1-2H3,(H,22,24). The van der Waals surface area contributed by atoms with Gasteiger partial charge in [0.15, 0.2) is 0 Å². The molecule has 1 N–H and O–H groups in total. The number of piperidine rings is 1. The molecular formula is C21H26N2O3. The van der Waals surface area contributed by atoms with Gasteiger partial charge in [-0.2, -0.15) is 0 Å². The van der Waals surface area contributed by atoms with E-state index < -0.39 is 0 Å². The average molecular weight is 354 g/mol. The van der Waals surface area contributed by atoms with Crippen molar-refractivity contribution in [2.75, 3.05) is 27.3 Å². The number of ether oxygens (including phenoxy) is 2. The summed E-state index contributed by atoms with van der Waals surface area (Å²) >= 11 is 0. The fourth-order valence-corrected chi connectivity index (χ4v) is 3.28. The van der Waals surface area contributed by atoms with Gasteiger partial charge in [-0.05, 0) is 54.8 Å². The van der Waals surface area contributed by atoms with Gasteiger partial charge in [-0.15, -0.1) is 0 Å². The van der Waals surface area contributed by atoms with Gasteiger partial charge in [0.25, 0.3) is 5.91 Å². The predicted octanol–water partition coefficient (Wildman–Crippen LogP) is 3.10. The Morgan fingerprint density at radius 1 is 1.04 bits per heavy atom. The van der Waals surface area contributed by atoms with Crippen molar-refractivity contribution in [3.05, 3.63) is 59.7 Å². The molecule has 0 radical (unpaired) electrons. The van der Waals surface area contributed by atoms with Gasteiger partial charge < -0.3 is 14.8 Å². The van der Waals surface area contributed by atoms with Gasteiger partial charge >= 0.3 is 0 Å². The number of rotatable bonds is 6. The number of amides is 1. The molecule has 1 amide bonds. The number of carbonyl (C=O) groups is 1. The molecule has 2 aromatic carbocycles. The Balaban J connectivity index is 1.47. The minimum atomic E-state index is -0.0149. The summed E-state index contributed by atoms with van der Waals surface area (Å²) in [4.78, 5) is 14.8. The van der Waals surface area contributed by atoms with Crippen LogP contribution < -0.4 is 14.8 Å². The minimum Gasteiger partial charge on any atom is -0.497 e. The molecule has 0 aromatic heterocycles. The van der Waals surface area contributed by atoms with E-state index in [4.69, 9.17) is 9.47 Å². The lowest BCUT2D eigenvalue weighted by Gasteiger charge is -2.32. The van der Waals surface area contributed by atoms with E-state index in [0.717, 1.165) is 44.0 Å². The highest BCUT2D eigenvalue weighted by Gasteiger charge is 2.21. The Morgan fingerprint density at radius 3 is 2.38 bits per heavy atom. The molecule has 26 heavy (non-hydrogen) atoms. The van der Waals surface area contributed by atoms with Crippen molar-refractivity contribution in [3.63, 3.8) is 0 Å². The molecule has 5 nitrogen and oxygen atoms in total. The van der Waals surface area contributed by atoms with Crippen molar-refractivity contribution in [2.24, 2.45) is 0 Å². The van der Waals surface area contributed by atoms with Gasteiger partial charge in [0.1, 0.15) is 11.5 Å². The van der Waals surface area contributed by atoms with Crippen molar-refractivity contribution in [1.29, 1.82) is 0 Å². The van der Waals surface area contributed by atoms with Gasteiger partial charge in [-0.25, -0.2) is 0 Å². The summed E-state index contributed by atoms with van der Waals surface area (Å²) in [5, 5.41) is 3.15. The minimum absolute atomic E-state index is 0.0149. The first kappa shape index (κ1) is 18.3. The summed E-state index contributed by atoms with van der Waals surface area (Å²) in [5.74, 6) is 1.63. The molecular weight excluding hydrogens is 328 g/mol. The molecule has 1 saturated heterocycles. The third-order valence-corrected chi connectivity index (χ3v) is 4.82. The van der Waals surface area contributed by atoms with Crippen molar-refractivity contribution in [2.45, 2.75) is 25.4 Å². The van der Waals surface area contributed by atoms with Crippen LogP contribution in [-0.2, 0) is 6.54 Å². The fraction of sp³-hybridized carbons (Fsp3) is 0.381. The molecule has 138 valence electrons. The summed E-state index contributed by atoms with van der Waals surface area (Å²) in [7, 11) is 3.31. The van der Waals surface area contributed by atoms with Gasteiger partial charge in [0.2, 0.25) is 0 Å². The van der Waals surface area contributed by atoms with Crippen LogP contribution in [0.2, 0.25) is 0 Å². The molecule has 2 aromatic rings. The second-order valence-corrected chi connectivity index (χ2v) is 6.60. The number of nitrogens with zero attached hydrogens (tertiary/aromatic N) is 1. The number of hydrogen-bond acceptors (Lipinski definition) is 4. The number of benzene rings is 2. The van der Waals surface area contributed by atoms with Gasteiger partial charge in [-0.1, -0.05) is 12.1 Å². The zero-order valence-corrected chi connectivity index (χ0v) is 15.4. The maximum atomic E-state index is 12.4. The number of methoxy groups -OCH3 is 2. The zero-order chi connectivity index (χ0) is 18.4. The van der Waals surface area contributed by atoms with Crippen molar-refractivity contribution in [3.8, 4) is 11.5 Å². The summed E-state index contributed by atoms with van der Waals surface area (Å²) in [6, 6.07) is 15.6. The maximum Gasteiger partial charge on any atom is 0.251 e. The summed E-state index contributed by atoms with van der Waals surface area (Å²) in [5.41, 5.74) is 1.93. The quantitative estimate of drug-likeness (QED) is 0.866. The summed E-state index contributed by atoms with van der Waals surface area (Å²) in [6.45, 7) is 2.87. The van der Waals surface area contributed by atoms with Crippen molar-refractivity contribution >= 4 is 5.91 Å². The largest absolute Gasteiger partial charge is 0.497 e. The SMILES string of the molecule is COc1ccc(C(=O)NC2CCN(Cc3cccc(OC)c3)CC2)cc1. The third-order valence-electron chi connectivity index (χ3n) is 4.82. The van der Waals surface area contributed by atoms with E-state index in [9.17, 15) is 4.79 Å². The molecule has 0 bridgehead atoms. The average Bonchev–Trinajstić information content (AvgIpc) is 2.69. The highest BCUT2D eigenvalue weighted by molar-refractivity contribution is 5.94. The lowest BCUT2D eigenvalue weighted by atomic mass is 10.0. The van der Waals surface area contributed by atoms with E-state index in [1.54, 1.807) is 26.4 Å². The lowest BCUT2D eigenvalue weighted by molar-refractivity contribution is 0.0909. The van der Waals surface area contributed by atoms with Crippen LogP contribution in [0.1, 0.15) is 28.8 Å². The van der Waals surface area contributed by atoms with E-state index in [0.29, 0.717) is 5.56 Å². The molecule has 0 saturated carbocycles. The number of likely N-dealkylation sites (tertiary alicyclic amines) is 1. The van der Waals surface area contributed by atoms with Crippen molar-refractivity contribution < 1.29 is 14.3 Å². The first-order chi connectivity index (χ1) is 12.7. The number of nitrogens with one attached hydrogen (secondary N) is 1. The molecule has 3 rings (SSSR count). The van der Waals surface area contributed by atoms with Crippen LogP contribution in [0, 0.1) is 0 Å².